The molecule has 2 N–H and O–H groups in total. The molecule has 0 spiro atoms. The van der Waals surface area contributed by atoms with Crippen molar-refractivity contribution in [2.75, 3.05) is 44.4 Å². The molecule has 1 aromatic rings. The highest BCUT2D eigenvalue weighted by atomic mass is 16.5. The summed E-state index contributed by atoms with van der Waals surface area (Å²) in [7, 11) is 0. The molecule has 26 heavy (non-hydrogen) atoms. The van der Waals surface area contributed by atoms with Crippen LogP contribution in [-0.4, -0.2) is 50.5 Å². The first kappa shape index (κ1) is 20.1. The molecule has 1 saturated heterocycles. The second kappa shape index (κ2) is 8.94. The van der Waals surface area contributed by atoms with Gasteiger partial charge < -0.3 is 24.8 Å². The normalized spacial score (nSPS) is 14.8. The van der Waals surface area contributed by atoms with Crippen LogP contribution in [0, 0.1) is 5.41 Å². The van der Waals surface area contributed by atoms with Crippen LogP contribution >= 0.6 is 0 Å². The molecule has 1 aliphatic rings. The summed E-state index contributed by atoms with van der Waals surface area (Å²) < 4.78 is 11.1. The van der Waals surface area contributed by atoms with Gasteiger partial charge in [-0.2, -0.15) is 0 Å². The lowest BCUT2D eigenvalue weighted by Crippen LogP contribution is -2.36. The van der Waals surface area contributed by atoms with Crippen molar-refractivity contribution >= 4 is 11.7 Å². The molecule has 0 radical (unpaired) electrons. The first-order valence-electron chi connectivity index (χ1n) is 9.01. The molecule has 0 aliphatic carbocycles. The number of hydrogen-bond acceptors (Lipinski definition) is 5. The smallest absolute Gasteiger partial charge is 0.339 e. The number of aromatic carboxylic acids is 1. The van der Waals surface area contributed by atoms with Gasteiger partial charge in [0.15, 0.2) is 0 Å². The van der Waals surface area contributed by atoms with Gasteiger partial charge in [0.25, 0.3) is 0 Å². The summed E-state index contributed by atoms with van der Waals surface area (Å²) in [6.07, 6.45) is 0.875. The van der Waals surface area contributed by atoms with Crippen LogP contribution in [0.4, 0.5) is 5.69 Å². The molecule has 1 fully saturated rings. The number of rotatable bonds is 8. The largest absolute Gasteiger partial charge is 0.491 e. The number of allylic oxidation sites excluding steroid dienone is 1. The van der Waals surface area contributed by atoms with Crippen molar-refractivity contribution in [2.45, 2.75) is 27.2 Å². The molecular weight excluding hydrogens is 332 g/mol. The van der Waals surface area contributed by atoms with Gasteiger partial charge >= 0.3 is 5.97 Å². The van der Waals surface area contributed by atoms with Crippen LogP contribution in [-0.2, 0) is 4.74 Å². The molecular formula is C20H30N2O4. The van der Waals surface area contributed by atoms with E-state index in [4.69, 9.17) is 9.47 Å². The summed E-state index contributed by atoms with van der Waals surface area (Å²) in [4.78, 5) is 13.6. The molecule has 2 rings (SSSR count). The Bertz CT molecular complexity index is 631. The monoisotopic (exact) mass is 362 g/mol. The summed E-state index contributed by atoms with van der Waals surface area (Å²) in [5.74, 6) is -0.594. The Morgan fingerprint density at radius 2 is 2.04 bits per heavy atom. The number of hydrogen-bond donors (Lipinski definition) is 2. The summed E-state index contributed by atoms with van der Waals surface area (Å²) >= 11 is 0. The Kier molecular flexibility index (Phi) is 6.91. The third-order valence-corrected chi connectivity index (χ3v) is 4.05. The lowest BCUT2D eigenvalue weighted by molar-refractivity contribution is 0.0692. The Balaban J connectivity index is 1.95. The lowest BCUT2D eigenvalue weighted by atomic mass is 9.91. The summed E-state index contributed by atoms with van der Waals surface area (Å²) in [5, 5.41) is 12.6. The number of carboxylic acid groups (broad SMARTS) is 1. The molecule has 144 valence electrons. The molecule has 0 atom stereocenters. The van der Waals surface area contributed by atoms with Crippen molar-refractivity contribution in [1.29, 1.82) is 0 Å². The van der Waals surface area contributed by atoms with Crippen LogP contribution in [0.2, 0.25) is 0 Å². The highest BCUT2D eigenvalue weighted by Gasteiger charge is 2.17. The predicted molar refractivity (Wildman–Crippen MR) is 103 cm³/mol. The highest BCUT2D eigenvalue weighted by molar-refractivity contribution is 5.91. The van der Waals surface area contributed by atoms with Crippen LogP contribution < -0.4 is 15.0 Å². The highest BCUT2D eigenvalue weighted by Crippen LogP contribution is 2.27. The van der Waals surface area contributed by atoms with Crippen LogP contribution in [0.1, 0.15) is 37.6 Å². The van der Waals surface area contributed by atoms with Gasteiger partial charge in [-0.25, -0.2) is 4.79 Å². The van der Waals surface area contributed by atoms with Gasteiger partial charge in [0.1, 0.15) is 17.9 Å². The zero-order valence-electron chi connectivity index (χ0n) is 16.0. The molecule has 1 heterocycles. The lowest BCUT2D eigenvalue weighted by Gasteiger charge is -2.29. The van der Waals surface area contributed by atoms with E-state index in [1.165, 1.54) is 0 Å². The average Bonchev–Trinajstić information content (AvgIpc) is 2.57. The average molecular weight is 362 g/mol. The number of benzene rings is 1. The minimum Gasteiger partial charge on any atom is -0.491 e. The van der Waals surface area contributed by atoms with E-state index in [9.17, 15) is 9.90 Å². The minimum atomic E-state index is -0.987. The molecule has 0 bridgehead atoms. The number of carboxylic acids is 1. The number of morpholine rings is 1. The Morgan fingerprint density at radius 3 is 2.65 bits per heavy atom. The van der Waals surface area contributed by atoms with E-state index >= 15 is 0 Å². The van der Waals surface area contributed by atoms with E-state index in [0.717, 1.165) is 30.9 Å². The Labute approximate surface area is 155 Å². The fraction of sp³-hybridized carbons (Fsp3) is 0.550. The van der Waals surface area contributed by atoms with E-state index in [2.05, 4.69) is 37.6 Å². The second-order valence-corrected chi connectivity index (χ2v) is 7.70. The van der Waals surface area contributed by atoms with Crippen LogP contribution in [0.5, 0.6) is 5.75 Å². The number of nitrogens with one attached hydrogen (secondary N) is 1. The van der Waals surface area contributed by atoms with E-state index in [1.54, 1.807) is 12.1 Å². The van der Waals surface area contributed by atoms with Gasteiger partial charge in [0.2, 0.25) is 0 Å². The predicted octanol–water partition coefficient (Wildman–Crippen LogP) is 3.14. The van der Waals surface area contributed by atoms with Crippen molar-refractivity contribution in [3.05, 3.63) is 36.0 Å². The zero-order valence-corrected chi connectivity index (χ0v) is 16.0. The van der Waals surface area contributed by atoms with Crippen molar-refractivity contribution in [2.24, 2.45) is 5.41 Å². The van der Waals surface area contributed by atoms with Crippen LogP contribution in [0.15, 0.2) is 30.5 Å². The Morgan fingerprint density at radius 1 is 1.35 bits per heavy atom. The van der Waals surface area contributed by atoms with Gasteiger partial charge in [0, 0.05) is 37.1 Å². The van der Waals surface area contributed by atoms with Gasteiger partial charge in [-0.1, -0.05) is 27.4 Å². The third-order valence-electron chi connectivity index (χ3n) is 4.05. The molecule has 1 aliphatic heterocycles. The van der Waals surface area contributed by atoms with Gasteiger partial charge in [0.05, 0.1) is 13.2 Å². The van der Waals surface area contributed by atoms with Gasteiger partial charge in [-0.3, -0.25) is 0 Å². The molecule has 0 unspecified atom stereocenters. The molecule has 0 aromatic heterocycles. The van der Waals surface area contributed by atoms with E-state index < -0.39 is 5.97 Å². The molecule has 0 saturated carbocycles. The SMILES string of the molecule is C=C(CC(C)(C)C)NCCOc1cc(N2CCOCC2)ccc1C(=O)O. The van der Waals surface area contributed by atoms with Crippen LogP contribution in [0.25, 0.3) is 0 Å². The van der Waals surface area contributed by atoms with Crippen molar-refractivity contribution in [1.82, 2.24) is 5.32 Å². The fourth-order valence-corrected chi connectivity index (χ4v) is 2.92. The summed E-state index contributed by atoms with van der Waals surface area (Å²) in [6, 6.07) is 5.23. The van der Waals surface area contributed by atoms with E-state index in [0.29, 0.717) is 32.1 Å². The topological polar surface area (TPSA) is 71.0 Å². The van der Waals surface area contributed by atoms with E-state index in [1.807, 2.05) is 6.07 Å². The van der Waals surface area contributed by atoms with Gasteiger partial charge in [-0.15, -0.1) is 0 Å². The molecule has 6 heteroatoms. The van der Waals surface area contributed by atoms with Crippen molar-refractivity contribution < 1.29 is 19.4 Å². The van der Waals surface area contributed by atoms with Gasteiger partial charge in [-0.05, 0) is 24.0 Å². The van der Waals surface area contributed by atoms with Crippen molar-refractivity contribution in [3.63, 3.8) is 0 Å². The maximum Gasteiger partial charge on any atom is 0.339 e. The third kappa shape index (κ3) is 6.26. The second-order valence-electron chi connectivity index (χ2n) is 7.70. The number of ether oxygens (including phenoxy) is 2. The number of nitrogens with zero attached hydrogens (tertiary/aromatic N) is 1. The number of anilines is 1. The maximum absolute atomic E-state index is 11.5. The van der Waals surface area contributed by atoms with Crippen LogP contribution in [0.3, 0.4) is 0 Å². The summed E-state index contributed by atoms with van der Waals surface area (Å²) in [5.41, 5.74) is 2.27. The first-order chi connectivity index (χ1) is 12.3. The summed E-state index contributed by atoms with van der Waals surface area (Å²) in [6.45, 7) is 14.4. The quantitative estimate of drug-likeness (QED) is 0.693. The Hall–Kier alpha value is -2.21. The maximum atomic E-state index is 11.5. The van der Waals surface area contributed by atoms with E-state index in [-0.39, 0.29) is 11.0 Å². The number of carbonyl (C=O) groups is 1. The molecule has 1 aromatic carbocycles. The first-order valence-corrected chi connectivity index (χ1v) is 9.01. The minimum absolute atomic E-state index is 0.175. The molecule has 0 amide bonds. The molecule has 6 nitrogen and oxygen atoms in total. The van der Waals surface area contributed by atoms with Crippen molar-refractivity contribution in [3.8, 4) is 5.75 Å². The fourth-order valence-electron chi connectivity index (χ4n) is 2.92. The standard InChI is InChI=1S/C20H30N2O4/c1-15(14-20(2,3)4)21-7-10-26-18-13-16(5-6-17(18)19(23)24)22-8-11-25-12-9-22/h5-6,13,21H,1,7-12,14H2,2-4H3,(H,23,24). The zero-order chi connectivity index (χ0) is 19.2.